The number of hydrogen-bond donors (Lipinski definition) is 7. The highest BCUT2D eigenvalue weighted by atomic mass is 16.7. The van der Waals surface area contributed by atoms with E-state index >= 15 is 0 Å². The van der Waals surface area contributed by atoms with Crippen LogP contribution in [-0.4, -0.2) is 117 Å². The highest BCUT2D eigenvalue weighted by molar-refractivity contribution is 4.94. The van der Waals surface area contributed by atoms with Crippen LogP contribution in [0.15, 0.2) is 0 Å². The second-order valence-electron chi connectivity index (χ2n) is 9.20. The number of ether oxygens (including phenoxy) is 4. The van der Waals surface area contributed by atoms with Crippen LogP contribution in [0.25, 0.3) is 0 Å². The van der Waals surface area contributed by atoms with E-state index in [-0.39, 0.29) is 0 Å². The van der Waals surface area contributed by atoms with E-state index in [1.165, 1.54) is 38.5 Å². The second kappa shape index (κ2) is 15.6. The zero-order chi connectivity index (χ0) is 25.1. The molecule has 2 saturated heterocycles. The predicted octanol–water partition coefficient (Wildman–Crippen LogP) is -0.842. The first-order chi connectivity index (χ1) is 16.3. The van der Waals surface area contributed by atoms with Crippen molar-refractivity contribution < 1.29 is 54.7 Å². The third-order valence-corrected chi connectivity index (χ3v) is 6.49. The Labute approximate surface area is 201 Å². The second-order valence-corrected chi connectivity index (χ2v) is 9.20. The van der Waals surface area contributed by atoms with Crippen molar-refractivity contribution in [2.75, 3.05) is 19.8 Å². The Kier molecular flexibility index (Phi) is 13.7. The Balaban J connectivity index is 1.78. The molecule has 0 spiro atoms. The fourth-order valence-electron chi connectivity index (χ4n) is 4.31. The molecule has 4 unspecified atom stereocenters. The highest BCUT2D eigenvalue weighted by Crippen LogP contribution is 2.29. The lowest BCUT2D eigenvalue weighted by Gasteiger charge is -2.45. The van der Waals surface area contributed by atoms with Crippen LogP contribution >= 0.6 is 0 Å². The average Bonchev–Trinajstić information content (AvgIpc) is 2.84. The smallest absolute Gasteiger partial charge is 0.187 e. The molecule has 0 aromatic rings. The maximum Gasteiger partial charge on any atom is 0.187 e. The zero-order valence-electron chi connectivity index (χ0n) is 20.0. The minimum atomic E-state index is -1.69. The molecule has 2 aliphatic heterocycles. The Morgan fingerprint density at radius 2 is 1.12 bits per heavy atom. The first-order valence-electron chi connectivity index (χ1n) is 12.6. The van der Waals surface area contributed by atoms with E-state index < -0.39 is 74.6 Å². The van der Waals surface area contributed by atoms with Gasteiger partial charge < -0.3 is 54.7 Å². The Morgan fingerprint density at radius 3 is 1.71 bits per heavy atom. The number of aliphatic hydroxyl groups is 7. The Hall–Kier alpha value is -0.440. The molecule has 34 heavy (non-hydrogen) atoms. The van der Waals surface area contributed by atoms with Gasteiger partial charge in [0, 0.05) is 6.61 Å². The van der Waals surface area contributed by atoms with E-state index in [0.717, 1.165) is 19.3 Å². The SMILES string of the molecule is CCCCCCCCCCCO[C@@H]1OC(CO)[C@@H](O[C@H]2OC(CO)[C@@H](O)[C@H](O)C2O)C(O)[C@@H]1O. The van der Waals surface area contributed by atoms with Gasteiger partial charge in [-0.25, -0.2) is 0 Å². The minimum Gasteiger partial charge on any atom is -0.394 e. The molecule has 2 rings (SSSR count). The molecular weight excluding hydrogens is 452 g/mol. The van der Waals surface area contributed by atoms with Gasteiger partial charge in [0.05, 0.1) is 13.2 Å². The topological polar surface area (TPSA) is 179 Å². The summed E-state index contributed by atoms with van der Waals surface area (Å²) in [7, 11) is 0. The van der Waals surface area contributed by atoms with Crippen molar-refractivity contribution in [3.63, 3.8) is 0 Å². The van der Waals surface area contributed by atoms with Crippen LogP contribution in [0.3, 0.4) is 0 Å². The fourth-order valence-corrected chi connectivity index (χ4v) is 4.31. The van der Waals surface area contributed by atoms with Gasteiger partial charge in [0.1, 0.15) is 48.8 Å². The third-order valence-electron chi connectivity index (χ3n) is 6.49. The van der Waals surface area contributed by atoms with Crippen LogP contribution in [0.1, 0.15) is 64.7 Å². The molecule has 2 aliphatic rings. The maximum absolute atomic E-state index is 10.6. The Morgan fingerprint density at radius 1 is 0.588 bits per heavy atom. The standard InChI is InChI=1S/C23H44O11/c1-2-3-4-5-6-7-8-9-10-11-31-22-20(30)18(28)21(15(13-25)33-22)34-23-19(29)17(27)16(26)14(12-24)32-23/h14-30H,2-13H2,1H3/t14?,15?,16-,17+,18?,19?,20+,21-,22-,23-/m1/s1. The molecule has 11 heteroatoms. The van der Waals surface area contributed by atoms with Crippen LogP contribution in [0.4, 0.5) is 0 Å². The minimum absolute atomic E-state index is 0.320. The number of unbranched alkanes of at least 4 members (excludes halogenated alkanes) is 8. The average molecular weight is 497 g/mol. The van der Waals surface area contributed by atoms with Crippen molar-refractivity contribution in [2.45, 2.75) is 126 Å². The van der Waals surface area contributed by atoms with Gasteiger partial charge in [0.15, 0.2) is 12.6 Å². The molecule has 202 valence electrons. The lowest BCUT2D eigenvalue weighted by Crippen LogP contribution is -2.64. The summed E-state index contributed by atoms with van der Waals surface area (Å²) in [5.74, 6) is 0. The van der Waals surface area contributed by atoms with Gasteiger partial charge in [0.2, 0.25) is 0 Å². The van der Waals surface area contributed by atoms with E-state index in [2.05, 4.69) is 6.92 Å². The monoisotopic (exact) mass is 496 g/mol. The molecule has 7 N–H and O–H groups in total. The van der Waals surface area contributed by atoms with Gasteiger partial charge in [-0.2, -0.15) is 0 Å². The Bertz CT molecular complexity index is 535. The van der Waals surface area contributed by atoms with Gasteiger partial charge in [-0.1, -0.05) is 58.3 Å². The third kappa shape index (κ3) is 8.31. The van der Waals surface area contributed by atoms with Crippen LogP contribution in [0, 0.1) is 0 Å². The largest absolute Gasteiger partial charge is 0.394 e. The van der Waals surface area contributed by atoms with Crippen molar-refractivity contribution in [2.24, 2.45) is 0 Å². The summed E-state index contributed by atoms with van der Waals surface area (Å²) in [6, 6.07) is 0. The summed E-state index contributed by atoms with van der Waals surface area (Å²) in [4.78, 5) is 0. The fraction of sp³-hybridized carbons (Fsp3) is 1.00. The van der Waals surface area contributed by atoms with Crippen molar-refractivity contribution in [3.8, 4) is 0 Å². The molecule has 11 nitrogen and oxygen atoms in total. The van der Waals surface area contributed by atoms with Crippen molar-refractivity contribution in [1.82, 2.24) is 0 Å². The molecule has 0 bridgehead atoms. The molecule has 0 saturated carbocycles. The van der Waals surface area contributed by atoms with Crippen molar-refractivity contribution in [3.05, 3.63) is 0 Å². The molecule has 2 heterocycles. The summed E-state index contributed by atoms with van der Waals surface area (Å²) in [5, 5.41) is 70.0. The molecule has 0 aromatic carbocycles. The van der Waals surface area contributed by atoms with E-state index in [1.54, 1.807) is 0 Å². The van der Waals surface area contributed by atoms with Crippen LogP contribution in [0.5, 0.6) is 0 Å². The first kappa shape index (κ1) is 29.8. The summed E-state index contributed by atoms with van der Waals surface area (Å²) in [6.07, 6.45) is -3.99. The quantitative estimate of drug-likeness (QED) is 0.141. The number of hydrogen-bond acceptors (Lipinski definition) is 11. The summed E-state index contributed by atoms with van der Waals surface area (Å²) < 4.78 is 22.0. The van der Waals surface area contributed by atoms with Crippen molar-refractivity contribution >= 4 is 0 Å². The van der Waals surface area contributed by atoms with E-state index in [9.17, 15) is 35.7 Å². The lowest BCUT2D eigenvalue weighted by atomic mass is 9.97. The molecule has 0 aromatic heterocycles. The van der Waals surface area contributed by atoms with Crippen molar-refractivity contribution in [1.29, 1.82) is 0 Å². The van der Waals surface area contributed by atoms with Gasteiger partial charge in [0.25, 0.3) is 0 Å². The van der Waals surface area contributed by atoms with Gasteiger partial charge >= 0.3 is 0 Å². The molecule has 0 amide bonds. The van der Waals surface area contributed by atoms with Gasteiger partial charge in [-0.15, -0.1) is 0 Å². The van der Waals surface area contributed by atoms with Crippen LogP contribution in [0.2, 0.25) is 0 Å². The number of rotatable bonds is 15. The zero-order valence-corrected chi connectivity index (χ0v) is 20.0. The van der Waals surface area contributed by atoms with Gasteiger partial charge in [-0.3, -0.25) is 0 Å². The predicted molar refractivity (Wildman–Crippen MR) is 120 cm³/mol. The molecule has 10 atom stereocenters. The molecule has 0 aliphatic carbocycles. The molecule has 2 fully saturated rings. The summed E-state index contributed by atoms with van der Waals surface area (Å²) in [6.45, 7) is 1.29. The van der Waals surface area contributed by atoms with E-state index in [1.807, 2.05) is 0 Å². The van der Waals surface area contributed by atoms with Crippen LogP contribution < -0.4 is 0 Å². The summed E-state index contributed by atoms with van der Waals surface area (Å²) >= 11 is 0. The highest BCUT2D eigenvalue weighted by Gasteiger charge is 2.50. The molecular formula is C23H44O11. The normalized spacial score (nSPS) is 38.8. The van der Waals surface area contributed by atoms with E-state index in [0.29, 0.717) is 6.61 Å². The van der Waals surface area contributed by atoms with E-state index in [4.69, 9.17) is 18.9 Å². The van der Waals surface area contributed by atoms with Crippen LogP contribution in [-0.2, 0) is 18.9 Å². The van der Waals surface area contributed by atoms with Gasteiger partial charge in [-0.05, 0) is 6.42 Å². The number of aliphatic hydroxyl groups excluding tert-OH is 7. The first-order valence-corrected chi connectivity index (χ1v) is 12.6. The maximum atomic E-state index is 10.6. The lowest BCUT2D eigenvalue weighted by molar-refractivity contribution is -0.359. The molecule has 0 radical (unpaired) electrons. The summed E-state index contributed by atoms with van der Waals surface area (Å²) in [5.41, 5.74) is 0.